The average Bonchev–Trinajstić information content (AvgIpc) is 2.48. The first-order valence-corrected chi connectivity index (χ1v) is 7.63. The van der Waals surface area contributed by atoms with E-state index in [0.29, 0.717) is 24.8 Å². The molecule has 0 heterocycles. The second kappa shape index (κ2) is 9.85. The van der Waals surface area contributed by atoms with E-state index in [0.717, 1.165) is 0 Å². The van der Waals surface area contributed by atoms with Gasteiger partial charge in [-0.3, -0.25) is 14.5 Å². The molecule has 6 heteroatoms. The van der Waals surface area contributed by atoms with Gasteiger partial charge in [0.25, 0.3) is 5.91 Å². The van der Waals surface area contributed by atoms with Crippen molar-refractivity contribution in [3.05, 3.63) is 48.3 Å². The predicted octanol–water partition coefficient (Wildman–Crippen LogP) is 1.63. The maximum atomic E-state index is 11.2. The maximum Gasteiger partial charge on any atom is 0.255 e. The zero-order valence-electron chi connectivity index (χ0n) is 14.7. The van der Waals surface area contributed by atoms with Gasteiger partial charge < -0.3 is 15.9 Å². The van der Waals surface area contributed by atoms with Crippen LogP contribution in [0.15, 0.2) is 48.3 Å². The topological polar surface area (TPSA) is 104 Å². The monoisotopic (exact) mass is 336 g/mol. The van der Waals surface area contributed by atoms with Gasteiger partial charge in [0.15, 0.2) is 6.29 Å². The van der Waals surface area contributed by atoms with Crippen LogP contribution in [0.3, 0.4) is 0 Å². The van der Waals surface area contributed by atoms with Crippen LogP contribution >= 0.6 is 0 Å². The number of carbonyl (C=O) groups is 2. The third-order valence-electron chi connectivity index (χ3n) is 3.86. The Morgan fingerprint density at radius 2 is 2.00 bits per heavy atom. The van der Waals surface area contributed by atoms with Crippen LogP contribution in [-0.2, 0) is 9.59 Å². The van der Waals surface area contributed by atoms with E-state index in [9.17, 15) is 19.8 Å². The summed E-state index contributed by atoms with van der Waals surface area (Å²) in [5.74, 6) is -1.32. The lowest BCUT2D eigenvalue weighted by atomic mass is 9.89. The summed E-state index contributed by atoms with van der Waals surface area (Å²) >= 11 is 0. The number of hydrogen-bond acceptors (Lipinski definition) is 5. The molecular weight excluding hydrogens is 308 g/mol. The molecule has 0 aromatic carbocycles. The first-order chi connectivity index (χ1) is 11.1. The van der Waals surface area contributed by atoms with Crippen LogP contribution in [0.4, 0.5) is 0 Å². The summed E-state index contributed by atoms with van der Waals surface area (Å²) in [7, 11) is 3.43. The summed E-state index contributed by atoms with van der Waals surface area (Å²) in [6.07, 6.45) is 6.59. The molecule has 0 aliphatic carbocycles. The average molecular weight is 336 g/mol. The van der Waals surface area contributed by atoms with Gasteiger partial charge in [-0.2, -0.15) is 0 Å². The van der Waals surface area contributed by atoms with Crippen molar-refractivity contribution < 1.29 is 19.8 Å². The van der Waals surface area contributed by atoms with E-state index < -0.39 is 23.1 Å². The van der Waals surface area contributed by atoms with Crippen molar-refractivity contribution in [3.63, 3.8) is 0 Å². The number of nitrogens with zero attached hydrogens (tertiary/aromatic N) is 1. The third-order valence-corrected chi connectivity index (χ3v) is 3.86. The summed E-state index contributed by atoms with van der Waals surface area (Å²) in [4.78, 5) is 23.8. The van der Waals surface area contributed by atoms with Crippen LogP contribution in [0.5, 0.6) is 0 Å². The molecule has 1 amide bonds. The number of allylic oxidation sites excluding steroid dienone is 2. The lowest BCUT2D eigenvalue weighted by molar-refractivity contribution is -0.117. The van der Waals surface area contributed by atoms with Crippen molar-refractivity contribution in [2.24, 2.45) is 5.73 Å². The van der Waals surface area contributed by atoms with E-state index in [-0.39, 0.29) is 12.0 Å². The van der Waals surface area contributed by atoms with Crippen LogP contribution < -0.4 is 5.73 Å². The number of nitrogens with two attached hydrogens (primary N) is 1. The molecule has 0 saturated carbocycles. The van der Waals surface area contributed by atoms with Crippen LogP contribution in [0.2, 0.25) is 0 Å². The van der Waals surface area contributed by atoms with Gasteiger partial charge in [-0.15, -0.1) is 0 Å². The van der Waals surface area contributed by atoms with Gasteiger partial charge in [0, 0.05) is 0 Å². The van der Waals surface area contributed by atoms with Crippen molar-refractivity contribution in [3.8, 4) is 0 Å². The lowest BCUT2D eigenvalue weighted by Crippen LogP contribution is -2.34. The molecule has 0 aromatic rings. The van der Waals surface area contributed by atoms with Crippen molar-refractivity contribution in [1.29, 1.82) is 0 Å². The summed E-state index contributed by atoms with van der Waals surface area (Å²) in [5.41, 5.74) is 4.11. The Morgan fingerprint density at radius 3 is 2.42 bits per heavy atom. The second-order valence-corrected chi connectivity index (χ2v) is 6.05. The predicted molar refractivity (Wildman–Crippen MR) is 95.3 cm³/mol. The molecule has 0 aliphatic heterocycles. The molecular formula is C18H28N2O4. The van der Waals surface area contributed by atoms with E-state index >= 15 is 0 Å². The zero-order valence-corrected chi connectivity index (χ0v) is 14.7. The lowest BCUT2D eigenvalue weighted by Gasteiger charge is -2.28. The number of likely N-dealkylation sites (N-methyl/N-ethyl adjacent to an activating group) is 1. The highest BCUT2D eigenvalue weighted by Gasteiger charge is 2.26. The summed E-state index contributed by atoms with van der Waals surface area (Å²) in [5, 5.41) is 20.6. The number of aliphatic hydroxyl groups is 2. The van der Waals surface area contributed by atoms with E-state index in [1.54, 1.807) is 44.1 Å². The SMILES string of the molecule is C=C/C=C\C(=C)[C@@](C)(O)CCC[C@@H](/C(O)=C(\C=O)C(N)=O)N(C)C. The number of hydrogen-bond donors (Lipinski definition) is 3. The zero-order chi connectivity index (χ0) is 18.9. The number of aliphatic hydroxyl groups excluding tert-OH is 1. The smallest absolute Gasteiger partial charge is 0.255 e. The highest BCUT2D eigenvalue weighted by atomic mass is 16.3. The first kappa shape index (κ1) is 21.8. The standard InChI is InChI=1S/C18H28N2O4/c1-6-7-9-13(2)18(3,24)11-8-10-15(20(4)5)16(22)14(12-21)17(19)23/h6-7,9,12,15,22,24H,1-2,8,10-11H2,3-5H3,(H2,19,23)/b9-7-,16-14-/t15-,18-/m0/s1. The summed E-state index contributed by atoms with van der Waals surface area (Å²) in [6, 6.07) is -0.550. The molecule has 0 rings (SSSR count). The fraction of sp³-hybridized carbons (Fsp3) is 0.444. The Labute approximate surface area is 143 Å². The maximum absolute atomic E-state index is 11.2. The first-order valence-electron chi connectivity index (χ1n) is 7.63. The number of primary amides is 1. The fourth-order valence-electron chi connectivity index (χ4n) is 2.23. The number of aldehydes is 1. The van der Waals surface area contributed by atoms with Crippen LogP contribution in [-0.4, -0.2) is 53.0 Å². The van der Waals surface area contributed by atoms with Crippen LogP contribution in [0, 0.1) is 0 Å². The highest BCUT2D eigenvalue weighted by Crippen LogP contribution is 2.25. The number of carbonyl (C=O) groups excluding carboxylic acids is 2. The van der Waals surface area contributed by atoms with Gasteiger partial charge in [0.2, 0.25) is 0 Å². The Bertz CT molecular complexity index is 545. The molecule has 0 aliphatic rings. The minimum atomic E-state index is -1.10. The molecule has 2 atom stereocenters. The normalized spacial score (nSPS) is 16.4. The van der Waals surface area contributed by atoms with E-state index in [2.05, 4.69) is 13.2 Å². The third kappa shape index (κ3) is 6.52. The van der Waals surface area contributed by atoms with Crippen molar-refractivity contribution in [2.75, 3.05) is 14.1 Å². The minimum Gasteiger partial charge on any atom is -0.510 e. The molecule has 24 heavy (non-hydrogen) atoms. The molecule has 134 valence electrons. The van der Waals surface area contributed by atoms with Gasteiger partial charge in [-0.1, -0.05) is 31.4 Å². The largest absolute Gasteiger partial charge is 0.510 e. The fourth-order valence-corrected chi connectivity index (χ4v) is 2.23. The molecule has 0 radical (unpaired) electrons. The van der Waals surface area contributed by atoms with Crippen molar-refractivity contribution in [1.82, 2.24) is 4.90 Å². The molecule has 0 unspecified atom stereocenters. The summed E-state index contributed by atoms with van der Waals surface area (Å²) in [6.45, 7) is 9.05. The molecule has 0 bridgehead atoms. The van der Waals surface area contributed by atoms with E-state index in [4.69, 9.17) is 5.73 Å². The Hall–Kier alpha value is -2.18. The van der Waals surface area contributed by atoms with Gasteiger partial charge in [-0.05, 0) is 45.9 Å². The van der Waals surface area contributed by atoms with Crippen molar-refractivity contribution >= 4 is 12.2 Å². The minimum absolute atomic E-state index is 0.256. The molecule has 0 aromatic heterocycles. The van der Waals surface area contributed by atoms with Gasteiger partial charge in [0.05, 0.1) is 11.6 Å². The summed E-state index contributed by atoms with van der Waals surface area (Å²) < 4.78 is 0. The molecule has 4 N–H and O–H groups in total. The Morgan fingerprint density at radius 1 is 1.42 bits per heavy atom. The van der Waals surface area contributed by atoms with Gasteiger partial charge >= 0.3 is 0 Å². The molecule has 0 spiro atoms. The Balaban J connectivity index is 5.04. The highest BCUT2D eigenvalue weighted by molar-refractivity contribution is 6.10. The molecule has 0 fully saturated rings. The molecule has 0 saturated heterocycles. The van der Waals surface area contributed by atoms with E-state index in [1.807, 2.05) is 0 Å². The van der Waals surface area contributed by atoms with Crippen LogP contribution in [0.1, 0.15) is 26.2 Å². The number of amides is 1. The van der Waals surface area contributed by atoms with Gasteiger partial charge in [0.1, 0.15) is 11.3 Å². The number of rotatable bonds is 11. The van der Waals surface area contributed by atoms with Crippen LogP contribution in [0.25, 0.3) is 0 Å². The van der Waals surface area contributed by atoms with Crippen molar-refractivity contribution in [2.45, 2.75) is 37.8 Å². The second-order valence-electron chi connectivity index (χ2n) is 6.05. The van der Waals surface area contributed by atoms with Gasteiger partial charge in [-0.25, -0.2) is 0 Å². The van der Waals surface area contributed by atoms with E-state index in [1.165, 1.54) is 0 Å². The quantitative estimate of drug-likeness (QED) is 0.133. The molecule has 6 nitrogen and oxygen atoms in total. The Kier molecular flexibility index (Phi) is 8.95.